The number of benzene rings is 2. The number of rotatable bonds is 6. The predicted molar refractivity (Wildman–Crippen MR) is 126 cm³/mol. The fourth-order valence-electron chi connectivity index (χ4n) is 4.29. The quantitative estimate of drug-likeness (QED) is 0.366. The summed E-state index contributed by atoms with van der Waals surface area (Å²) in [6.07, 6.45) is -6.24. The molecule has 1 fully saturated rings. The molecule has 5 rings (SSSR count). The second-order valence-electron chi connectivity index (χ2n) is 9.03. The molecule has 186 valence electrons. The molecule has 2 aromatic carbocycles. The van der Waals surface area contributed by atoms with Gasteiger partial charge >= 0.3 is 6.18 Å². The van der Waals surface area contributed by atoms with Crippen LogP contribution in [0.25, 0.3) is 16.9 Å². The number of nitrogens with one attached hydrogen (secondary N) is 1. The summed E-state index contributed by atoms with van der Waals surface area (Å²) in [5, 5.41) is 27.9. The van der Waals surface area contributed by atoms with Crippen LogP contribution in [0.3, 0.4) is 0 Å². The first-order valence-corrected chi connectivity index (χ1v) is 11.4. The first kappa shape index (κ1) is 24.0. The molecular weight excluding hydrogens is 473 g/mol. The number of nitrogens with zero attached hydrogens (tertiary/aromatic N) is 3. The van der Waals surface area contributed by atoms with Crippen molar-refractivity contribution in [1.82, 2.24) is 14.6 Å². The highest BCUT2D eigenvalue weighted by molar-refractivity contribution is 6.04. The molecule has 0 radical (unpaired) electrons. The lowest BCUT2D eigenvalue weighted by molar-refractivity contribution is -0.300. The third kappa shape index (κ3) is 4.22. The van der Waals surface area contributed by atoms with E-state index in [-0.39, 0.29) is 11.4 Å². The van der Waals surface area contributed by atoms with Crippen molar-refractivity contribution >= 4 is 17.4 Å². The van der Waals surface area contributed by atoms with Crippen LogP contribution in [-0.4, -0.2) is 43.0 Å². The van der Waals surface area contributed by atoms with E-state index >= 15 is 0 Å². The van der Waals surface area contributed by atoms with Crippen molar-refractivity contribution < 1.29 is 28.2 Å². The van der Waals surface area contributed by atoms with Crippen molar-refractivity contribution in [2.24, 2.45) is 5.92 Å². The summed E-state index contributed by atoms with van der Waals surface area (Å²) in [6, 6.07) is 17.2. The Balaban J connectivity index is 1.44. The standard InChI is InChI=1S/C26H23F3N4O3/c1-15-13-22-30-21(14-20(33(22)32-15)16-5-3-2-4-6-16)31-24(35)18-9-11-19(12-10-18)25(36,26(27,28)29)23(34)17-7-8-17/h2-6,9-14,17,23,34,36H,7-8H2,1H3,(H,30,31,35). The Kier molecular flexibility index (Phi) is 5.80. The van der Waals surface area contributed by atoms with Crippen LogP contribution in [0.5, 0.6) is 0 Å². The fraction of sp³-hybridized carbons (Fsp3) is 0.269. The van der Waals surface area contributed by atoms with Crippen LogP contribution in [-0.2, 0) is 5.60 Å². The number of aryl methyl sites for hydroxylation is 1. The predicted octanol–water partition coefficient (Wildman–Crippen LogP) is 4.48. The molecule has 1 amide bonds. The molecule has 2 aromatic heterocycles. The second kappa shape index (κ2) is 8.72. The average Bonchev–Trinajstić information content (AvgIpc) is 3.63. The second-order valence-corrected chi connectivity index (χ2v) is 9.03. The van der Waals surface area contributed by atoms with Crippen LogP contribution in [0.2, 0.25) is 0 Å². The van der Waals surface area contributed by atoms with Gasteiger partial charge in [0.25, 0.3) is 5.91 Å². The topological polar surface area (TPSA) is 99.8 Å². The molecule has 1 saturated carbocycles. The molecule has 10 heteroatoms. The highest BCUT2D eigenvalue weighted by atomic mass is 19.4. The van der Waals surface area contributed by atoms with Crippen molar-refractivity contribution in [3.8, 4) is 11.3 Å². The van der Waals surface area contributed by atoms with E-state index in [1.807, 2.05) is 37.3 Å². The first-order chi connectivity index (χ1) is 17.1. The molecule has 2 unspecified atom stereocenters. The monoisotopic (exact) mass is 496 g/mol. The molecule has 3 N–H and O–H groups in total. The number of fused-ring (bicyclic) bond motifs is 1. The molecule has 0 bridgehead atoms. The number of hydrogen-bond acceptors (Lipinski definition) is 5. The summed E-state index contributed by atoms with van der Waals surface area (Å²) in [4.78, 5) is 17.3. The van der Waals surface area contributed by atoms with E-state index in [0.29, 0.717) is 24.2 Å². The van der Waals surface area contributed by atoms with Crippen LogP contribution in [0.4, 0.5) is 19.0 Å². The van der Waals surface area contributed by atoms with Gasteiger partial charge in [0.2, 0.25) is 5.60 Å². The van der Waals surface area contributed by atoms with Crippen molar-refractivity contribution in [3.63, 3.8) is 0 Å². The Morgan fingerprint density at radius 1 is 1.08 bits per heavy atom. The van der Waals surface area contributed by atoms with E-state index in [2.05, 4.69) is 15.4 Å². The van der Waals surface area contributed by atoms with E-state index in [1.54, 1.807) is 16.6 Å². The molecule has 1 aliphatic rings. The Bertz CT molecular complexity index is 1420. The molecule has 0 spiro atoms. The van der Waals surface area contributed by atoms with Crippen LogP contribution in [0, 0.1) is 12.8 Å². The molecule has 4 aromatic rings. The summed E-state index contributed by atoms with van der Waals surface area (Å²) in [6.45, 7) is 1.82. The number of amides is 1. The Morgan fingerprint density at radius 2 is 1.75 bits per heavy atom. The number of alkyl halides is 3. The molecule has 2 heterocycles. The maximum Gasteiger partial charge on any atom is 0.424 e. The number of aliphatic hydroxyl groups is 2. The minimum atomic E-state index is -5.09. The van der Waals surface area contributed by atoms with Gasteiger partial charge < -0.3 is 15.5 Å². The molecule has 36 heavy (non-hydrogen) atoms. The van der Waals surface area contributed by atoms with Crippen molar-refractivity contribution in [1.29, 1.82) is 0 Å². The lowest BCUT2D eigenvalue weighted by atomic mass is 9.84. The largest absolute Gasteiger partial charge is 0.424 e. The molecule has 0 aliphatic heterocycles. The number of halogens is 3. The van der Waals surface area contributed by atoms with E-state index in [9.17, 15) is 28.2 Å². The summed E-state index contributed by atoms with van der Waals surface area (Å²) in [7, 11) is 0. The van der Waals surface area contributed by atoms with Crippen molar-refractivity contribution in [3.05, 3.63) is 83.6 Å². The van der Waals surface area contributed by atoms with Gasteiger partial charge in [0.15, 0.2) is 5.65 Å². The molecule has 0 saturated heterocycles. The summed E-state index contributed by atoms with van der Waals surface area (Å²) in [5.74, 6) is -0.968. The Hall–Kier alpha value is -3.76. The lowest BCUT2D eigenvalue weighted by Crippen LogP contribution is -2.52. The van der Waals surface area contributed by atoms with Gasteiger partial charge in [-0.1, -0.05) is 42.5 Å². The number of hydrogen-bond donors (Lipinski definition) is 3. The SMILES string of the molecule is Cc1cc2nc(NC(=O)c3ccc(C(O)(C(O)C4CC4)C(F)(F)F)cc3)cc(-c3ccccc3)n2n1. The minimum absolute atomic E-state index is 0.0665. The fourth-order valence-corrected chi connectivity index (χ4v) is 4.29. The van der Waals surface area contributed by atoms with Crippen LogP contribution in [0.15, 0.2) is 66.7 Å². The number of aliphatic hydroxyl groups excluding tert-OH is 1. The maximum atomic E-state index is 13.8. The maximum absolute atomic E-state index is 13.8. The Morgan fingerprint density at radius 3 is 2.36 bits per heavy atom. The van der Waals surface area contributed by atoms with Gasteiger partial charge in [0.1, 0.15) is 5.82 Å². The third-order valence-corrected chi connectivity index (χ3v) is 6.38. The van der Waals surface area contributed by atoms with Crippen LogP contribution < -0.4 is 5.32 Å². The third-order valence-electron chi connectivity index (χ3n) is 6.38. The average molecular weight is 496 g/mol. The summed E-state index contributed by atoms with van der Waals surface area (Å²) >= 11 is 0. The van der Waals surface area contributed by atoms with E-state index < -0.39 is 35.3 Å². The van der Waals surface area contributed by atoms with E-state index in [1.165, 1.54) is 12.1 Å². The number of carbonyl (C=O) groups excluding carboxylic acids is 1. The molecule has 7 nitrogen and oxygen atoms in total. The zero-order valence-corrected chi connectivity index (χ0v) is 19.2. The summed E-state index contributed by atoms with van der Waals surface area (Å²) in [5.41, 5.74) is -1.06. The number of anilines is 1. The van der Waals surface area contributed by atoms with Gasteiger partial charge in [-0.25, -0.2) is 9.50 Å². The van der Waals surface area contributed by atoms with Gasteiger partial charge in [-0.05, 0) is 43.4 Å². The zero-order chi connectivity index (χ0) is 25.7. The van der Waals surface area contributed by atoms with Crippen molar-refractivity contribution in [2.75, 3.05) is 5.32 Å². The summed E-state index contributed by atoms with van der Waals surface area (Å²) < 4.78 is 43.0. The van der Waals surface area contributed by atoms with Gasteiger partial charge in [0.05, 0.1) is 17.5 Å². The number of aromatic nitrogens is 3. The van der Waals surface area contributed by atoms with Gasteiger partial charge in [0, 0.05) is 23.3 Å². The highest BCUT2D eigenvalue weighted by Crippen LogP contribution is 2.49. The minimum Gasteiger partial charge on any atom is -0.389 e. The molecule has 2 atom stereocenters. The van der Waals surface area contributed by atoms with Crippen molar-refractivity contribution in [2.45, 2.75) is 37.6 Å². The molecule has 1 aliphatic carbocycles. The number of carbonyl (C=O) groups is 1. The van der Waals surface area contributed by atoms with Gasteiger partial charge in [-0.15, -0.1) is 0 Å². The van der Waals surface area contributed by atoms with E-state index in [4.69, 9.17) is 0 Å². The highest BCUT2D eigenvalue weighted by Gasteiger charge is 2.62. The van der Waals surface area contributed by atoms with Gasteiger partial charge in [-0.2, -0.15) is 18.3 Å². The van der Waals surface area contributed by atoms with Crippen LogP contribution in [0.1, 0.15) is 34.5 Å². The van der Waals surface area contributed by atoms with Gasteiger partial charge in [-0.3, -0.25) is 4.79 Å². The van der Waals surface area contributed by atoms with Crippen LogP contribution >= 0.6 is 0 Å². The lowest BCUT2D eigenvalue weighted by Gasteiger charge is -2.35. The smallest absolute Gasteiger partial charge is 0.389 e. The Labute approximate surface area is 204 Å². The normalized spacial score (nSPS) is 16.5. The molecular formula is C26H23F3N4O3. The first-order valence-electron chi connectivity index (χ1n) is 11.4. The van der Waals surface area contributed by atoms with E-state index in [0.717, 1.165) is 23.4 Å². The zero-order valence-electron chi connectivity index (χ0n) is 19.2.